The van der Waals surface area contributed by atoms with Gasteiger partial charge >= 0.3 is 0 Å². The molecule has 0 heterocycles. The maximum atomic E-state index is 2.39. The zero-order chi connectivity index (χ0) is 83.4. The molecule has 0 fully saturated rings. The molecular weight excluding hydrogens is 1520 g/mol. The number of hydrogen-bond donors (Lipinski definition) is 0. The number of anilines is 6. The molecule has 0 aliphatic carbocycles. The molecule has 24 aromatic rings. The Kier molecular flexibility index (Phi) is 19.0. The molecule has 0 atom stereocenters. The molecule has 0 unspecified atom stereocenters. The van der Waals surface area contributed by atoms with Gasteiger partial charge < -0.3 is 9.80 Å². The van der Waals surface area contributed by atoms with Crippen LogP contribution in [-0.4, -0.2) is 0 Å². The van der Waals surface area contributed by atoms with Gasteiger partial charge in [0.2, 0.25) is 0 Å². The van der Waals surface area contributed by atoms with Gasteiger partial charge in [0, 0.05) is 34.1 Å². The van der Waals surface area contributed by atoms with Crippen molar-refractivity contribution in [3.8, 4) is 89.0 Å². The van der Waals surface area contributed by atoms with E-state index in [1.165, 1.54) is 197 Å². The highest BCUT2D eigenvalue weighted by molar-refractivity contribution is 6.19. The van der Waals surface area contributed by atoms with Crippen molar-refractivity contribution in [2.75, 3.05) is 9.80 Å². The van der Waals surface area contributed by atoms with Crippen LogP contribution < -0.4 is 9.80 Å². The van der Waals surface area contributed by atoms with Crippen molar-refractivity contribution in [3.05, 3.63) is 497 Å². The van der Waals surface area contributed by atoms with Crippen LogP contribution in [0.15, 0.2) is 497 Å². The van der Waals surface area contributed by atoms with E-state index in [9.17, 15) is 0 Å². The molecule has 0 aliphatic heterocycles. The molecule has 0 amide bonds. The van der Waals surface area contributed by atoms with E-state index in [2.05, 4.69) is 507 Å². The largest absolute Gasteiger partial charge is 0.310 e. The summed E-state index contributed by atoms with van der Waals surface area (Å²) in [6, 6.07) is 182. The van der Waals surface area contributed by atoms with Crippen molar-refractivity contribution in [2.24, 2.45) is 0 Å². The average Bonchev–Trinajstić information content (AvgIpc) is 0.763. The van der Waals surface area contributed by atoms with E-state index >= 15 is 0 Å². The molecule has 0 aliphatic rings. The summed E-state index contributed by atoms with van der Waals surface area (Å²) < 4.78 is 0. The molecule has 0 bridgehead atoms. The van der Waals surface area contributed by atoms with Gasteiger partial charge in [-0.3, -0.25) is 0 Å². The first kappa shape index (κ1) is 74.5. The van der Waals surface area contributed by atoms with Crippen LogP contribution in [-0.2, 0) is 0 Å². The molecule has 0 aromatic heterocycles. The van der Waals surface area contributed by atoms with Gasteiger partial charge in [0.1, 0.15) is 0 Å². The van der Waals surface area contributed by atoms with Gasteiger partial charge in [0.25, 0.3) is 0 Å². The molecule has 24 aromatic carbocycles. The van der Waals surface area contributed by atoms with Crippen LogP contribution in [0.1, 0.15) is 0 Å². The van der Waals surface area contributed by atoms with Gasteiger partial charge in [-0.2, -0.15) is 0 Å². The third-order valence-electron chi connectivity index (χ3n) is 25.6. The van der Waals surface area contributed by atoms with Crippen molar-refractivity contribution in [3.63, 3.8) is 0 Å². The Hall–Kier alpha value is -16.5. The molecule has 0 saturated heterocycles. The molecule has 2 nitrogen and oxygen atoms in total. The Bertz CT molecular complexity index is 8320. The topological polar surface area (TPSA) is 6.48 Å². The van der Waals surface area contributed by atoms with Crippen LogP contribution in [0.2, 0.25) is 0 Å². The second-order valence-electron chi connectivity index (χ2n) is 32.9. The lowest BCUT2D eigenvalue weighted by molar-refractivity contribution is 1.28. The third kappa shape index (κ3) is 13.7. The van der Waals surface area contributed by atoms with Crippen molar-refractivity contribution >= 4 is 142 Å². The summed E-state index contributed by atoms with van der Waals surface area (Å²) in [6.45, 7) is 0. The molecule has 24 rings (SSSR count). The van der Waals surface area contributed by atoms with E-state index in [1.54, 1.807) is 0 Å². The van der Waals surface area contributed by atoms with Gasteiger partial charge in [-0.1, -0.05) is 394 Å². The molecule has 0 saturated carbocycles. The molecule has 0 spiro atoms. The van der Waals surface area contributed by atoms with Gasteiger partial charge in [0.15, 0.2) is 0 Å². The van der Waals surface area contributed by atoms with Crippen LogP contribution in [0.5, 0.6) is 0 Å². The van der Waals surface area contributed by atoms with Crippen molar-refractivity contribution < 1.29 is 0 Å². The minimum atomic E-state index is 1.09. The Morgan fingerprint density at radius 2 is 0.357 bits per heavy atom. The lowest BCUT2D eigenvalue weighted by Gasteiger charge is -2.27. The average molecular weight is 1600 g/mol. The molecule has 0 N–H and O–H groups in total. The monoisotopic (exact) mass is 1600 g/mol. The van der Waals surface area contributed by atoms with Gasteiger partial charge in [-0.25, -0.2) is 0 Å². The zero-order valence-electron chi connectivity index (χ0n) is 69.2. The van der Waals surface area contributed by atoms with E-state index in [0.29, 0.717) is 0 Å². The number of nitrogens with zero attached hydrogens (tertiary/aromatic N) is 2. The fraction of sp³-hybridized carbons (Fsp3) is 0. The normalized spacial score (nSPS) is 11.5. The SMILES string of the molecule is c1cc(-c2cc3ccccc3c3ccccc23)cc(N(c2ccc(-c3ccc4ccccc4c3)cc2)c2ccc(-c3ccccc3-c3cc4ccccc4c4ccccc34)cc2)c1.c1cc(-c2cc3ccccc3c3ccccc23)cc(N(c2ccc(-c3ccccc3-c3cc4ccccc4c4ccccc34)cc2)c2ccc(-c3cccc4ccccc34)cc2)c1. The van der Waals surface area contributed by atoms with E-state index in [1.807, 2.05) is 0 Å². The van der Waals surface area contributed by atoms with Crippen LogP contribution in [0.3, 0.4) is 0 Å². The second-order valence-corrected chi connectivity index (χ2v) is 32.9. The van der Waals surface area contributed by atoms with E-state index in [0.717, 1.165) is 34.1 Å². The van der Waals surface area contributed by atoms with Gasteiger partial charge in [-0.15, -0.1) is 0 Å². The highest BCUT2D eigenvalue weighted by atomic mass is 15.1. The van der Waals surface area contributed by atoms with Crippen molar-refractivity contribution in [1.82, 2.24) is 0 Å². The fourth-order valence-electron chi connectivity index (χ4n) is 19.6. The fourth-order valence-corrected chi connectivity index (χ4v) is 19.6. The molecule has 2 heteroatoms. The summed E-state index contributed by atoms with van der Waals surface area (Å²) in [5.74, 6) is 0. The summed E-state index contributed by atoms with van der Waals surface area (Å²) in [6.07, 6.45) is 0. The minimum Gasteiger partial charge on any atom is -0.310 e. The highest BCUT2D eigenvalue weighted by Gasteiger charge is 2.23. The van der Waals surface area contributed by atoms with Gasteiger partial charge in [0.05, 0.1) is 0 Å². The van der Waals surface area contributed by atoms with Gasteiger partial charge in [-0.05, 0) is 300 Å². The first-order chi connectivity index (χ1) is 62.5. The summed E-state index contributed by atoms with van der Waals surface area (Å²) in [5.41, 5.74) is 25.9. The zero-order valence-corrected chi connectivity index (χ0v) is 69.2. The number of hydrogen-bond acceptors (Lipinski definition) is 2. The molecule has 126 heavy (non-hydrogen) atoms. The standard InChI is InChI=1S/2C62H41N/c1-4-21-51-42(15-1)18-14-30-52(51)43-31-35-48(36-32-43)63(50-20-13-19-45(39-50)61-40-46-16-2-5-23-54(46)56-25-9-11-28-59(56)61)49-37-33-44(34-38-49)53-22-7-8-27-58(53)62-41-47-17-3-6-24-55(47)57-26-10-12-29-60(57)62;1-2-15-45-38-46(29-28-42(45)14-1)43-30-34-50(35-31-43)63(52-19-13-18-47(39-52)61-40-48-16-3-5-21-54(48)56-23-9-11-26-59(56)61)51-36-32-44(33-37-51)53-20-7-8-25-58(53)62-41-49-17-4-6-22-55(49)57-24-10-12-27-60(57)62/h2*1-41H. The quantitative estimate of drug-likeness (QED) is 0.100. The van der Waals surface area contributed by atoms with Crippen LogP contribution in [0, 0.1) is 0 Å². The third-order valence-corrected chi connectivity index (χ3v) is 25.6. The van der Waals surface area contributed by atoms with E-state index < -0.39 is 0 Å². The summed E-state index contributed by atoms with van der Waals surface area (Å²) in [7, 11) is 0. The molecule has 0 radical (unpaired) electrons. The van der Waals surface area contributed by atoms with Crippen molar-refractivity contribution in [1.29, 1.82) is 0 Å². The number of fused-ring (bicyclic) bond motifs is 14. The van der Waals surface area contributed by atoms with Crippen LogP contribution >= 0.6 is 0 Å². The van der Waals surface area contributed by atoms with Crippen LogP contribution in [0.25, 0.3) is 197 Å². The molecule has 588 valence electrons. The van der Waals surface area contributed by atoms with Crippen LogP contribution in [0.4, 0.5) is 34.1 Å². The Labute approximate surface area is 733 Å². The number of rotatable bonds is 14. The Morgan fingerprint density at radius 1 is 0.0952 bits per heavy atom. The van der Waals surface area contributed by atoms with E-state index in [4.69, 9.17) is 0 Å². The predicted octanol–water partition coefficient (Wildman–Crippen LogP) is 35.2. The summed E-state index contributed by atoms with van der Waals surface area (Å²) in [4.78, 5) is 4.79. The minimum absolute atomic E-state index is 1.09. The number of benzene rings is 24. The maximum Gasteiger partial charge on any atom is 0.0467 e. The van der Waals surface area contributed by atoms with Crippen molar-refractivity contribution in [2.45, 2.75) is 0 Å². The summed E-state index contributed by atoms with van der Waals surface area (Å²) in [5, 5.41) is 25.2. The first-order valence-corrected chi connectivity index (χ1v) is 43.5. The Balaban J connectivity index is 0.000000145. The predicted molar refractivity (Wildman–Crippen MR) is 541 cm³/mol. The molecular formula is C124H82N2. The highest BCUT2D eigenvalue weighted by Crippen LogP contribution is 2.48. The lowest BCUT2D eigenvalue weighted by Crippen LogP contribution is -2.10. The maximum absolute atomic E-state index is 2.39. The first-order valence-electron chi connectivity index (χ1n) is 43.5. The second kappa shape index (κ2) is 32.1. The lowest BCUT2D eigenvalue weighted by atomic mass is 9.89. The summed E-state index contributed by atoms with van der Waals surface area (Å²) >= 11 is 0. The smallest absolute Gasteiger partial charge is 0.0467 e. The van der Waals surface area contributed by atoms with E-state index in [-0.39, 0.29) is 0 Å². The Morgan fingerprint density at radius 3 is 0.754 bits per heavy atom.